The van der Waals surface area contributed by atoms with Crippen LogP contribution in [-0.2, 0) is 0 Å². The van der Waals surface area contributed by atoms with Gasteiger partial charge in [-0.15, -0.1) is 0 Å². The second kappa shape index (κ2) is 5.27. The Morgan fingerprint density at radius 1 is 1.17 bits per heavy atom. The van der Waals surface area contributed by atoms with Crippen molar-refractivity contribution in [1.82, 2.24) is 19.9 Å². The Balaban J connectivity index is 2.15. The van der Waals surface area contributed by atoms with Gasteiger partial charge in [0.2, 0.25) is 0 Å². The van der Waals surface area contributed by atoms with Crippen molar-refractivity contribution >= 4 is 0 Å². The summed E-state index contributed by atoms with van der Waals surface area (Å²) < 4.78 is 0. The predicted molar refractivity (Wildman–Crippen MR) is 60.2 cm³/mol. The molecule has 0 aliphatic rings. The molecule has 2 rings (SSSR count). The first-order valence-corrected chi connectivity index (χ1v) is 5.33. The van der Waals surface area contributed by atoms with Gasteiger partial charge in [-0.1, -0.05) is 0 Å². The number of aliphatic hydroxyl groups excluding tert-OH is 4. The molecule has 0 amide bonds. The zero-order valence-electron chi connectivity index (χ0n) is 9.35. The molecule has 18 heavy (non-hydrogen) atoms. The van der Waals surface area contributed by atoms with Crippen LogP contribution in [0.3, 0.4) is 0 Å². The van der Waals surface area contributed by atoms with Gasteiger partial charge in [-0.25, -0.2) is 9.97 Å². The van der Waals surface area contributed by atoms with Crippen LogP contribution in [0.15, 0.2) is 18.6 Å². The first kappa shape index (κ1) is 12.7. The molecule has 2 aromatic rings. The molecule has 98 valence electrons. The van der Waals surface area contributed by atoms with Crippen LogP contribution in [0.2, 0.25) is 0 Å². The van der Waals surface area contributed by atoms with E-state index < -0.39 is 24.9 Å². The topological polar surface area (TPSA) is 138 Å². The Kier molecular flexibility index (Phi) is 3.72. The van der Waals surface area contributed by atoms with Gasteiger partial charge in [0, 0.05) is 12.4 Å². The molecule has 8 heteroatoms. The minimum atomic E-state index is -1.50. The van der Waals surface area contributed by atoms with Gasteiger partial charge in [0.15, 0.2) is 11.6 Å². The van der Waals surface area contributed by atoms with E-state index in [1.807, 2.05) is 0 Å². The molecular weight excluding hydrogens is 240 g/mol. The lowest BCUT2D eigenvalue weighted by molar-refractivity contribution is -0.0788. The molecule has 0 saturated carbocycles. The van der Waals surface area contributed by atoms with Gasteiger partial charge in [-0.2, -0.15) is 0 Å². The fourth-order valence-corrected chi connectivity index (χ4v) is 1.50. The summed E-state index contributed by atoms with van der Waals surface area (Å²) in [5.41, 5.74) is 0.224. The maximum atomic E-state index is 9.78. The maximum absolute atomic E-state index is 9.78. The van der Waals surface area contributed by atoms with E-state index >= 15 is 0 Å². The highest BCUT2D eigenvalue weighted by molar-refractivity contribution is 5.43. The second-order valence-corrected chi connectivity index (χ2v) is 3.81. The Hall–Kier alpha value is -1.74. The van der Waals surface area contributed by atoms with Crippen LogP contribution in [0, 0.1) is 0 Å². The maximum Gasteiger partial charge on any atom is 0.173 e. The van der Waals surface area contributed by atoms with Crippen molar-refractivity contribution in [2.24, 2.45) is 0 Å². The van der Waals surface area contributed by atoms with Gasteiger partial charge in [0.25, 0.3) is 0 Å². The van der Waals surface area contributed by atoms with Crippen molar-refractivity contribution in [2.45, 2.75) is 18.3 Å². The number of nitrogens with zero attached hydrogens (tertiary/aromatic N) is 2. The first-order chi connectivity index (χ1) is 8.63. The van der Waals surface area contributed by atoms with Gasteiger partial charge in [0.1, 0.15) is 18.3 Å². The summed E-state index contributed by atoms with van der Waals surface area (Å²) in [7, 11) is 0. The third kappa shape index (κ3) is 2.41. The zero-order chi connectivity index (χ0) is 13.1. The summed E-state index contributed by atoms with van der Waals surface area (Å²) in [6.45, 7) is -0.641. The number of aliphatic hydroxyl groups is 4. The summed E-state index contributed by atoms with van der Waals surface area (Å²) in [6, 6.07) is 0. The van der Waals surface area contributed by atoms with E-state index in [0.717, 1.165) is 0 Å². The lowest BCUT2D eigenvalue weighted by Gasteiger charge is -2.20. The van der Waals surface area contributed by atoms with Crippen LogP contribution in [-0.4, -0.2) is 59.2 Å². The molecule has 0 bridgehead atoms. The van der Waals surface area contributed by atoms with Crippen LogP contribution in [0.25, 0.3) is 11.6 Å². The third-order valence-electron chi connectivity index (χ3n) is 2.54. The number of H-pyrrole nitrogens is 2. The minimum Gasteiger partial charge on any atom is -0.394 e. The van der Waals surface area contributed by atoms with E-state index in [4.69, 9.17) is 5.11 Å². The number of hydrogen-bond acceptors (Lipinski definition) is 6. The fourth-order valence-electron chi connectivity index (χ4n) is 1.50. The van der Waals surface area contributed by atoms with Crippen LogP contribution in [0.5, 0.6) is 0 Å². The molecule has 3 atom stereocenters. The Morgan fingerprint density at radius 3 is 2.56 bits per heavy atom. The number of nitrogens with one attached hydrogen (secondary N) is 2. The van der Waals surface area contributed by atoms with Gasteiger partial charge in [0.05, 0.1) is 18.5 Å². The van der Waals surface area contributed by atoms with Gasteiger partial charge in [-0.3, -0.25) is 0 Å². The Labute approximate surface area is 102 Å². The highest BCUT2D eigenvalue weighted by Crippen LogP contribution is 2.19. The molecule has 2 aromatic heterocycles. The molecule has 2 heterocycles. The van der Waals surface area contributed by atoms with E-state index in [2.05, 4.69) is 19.9 Å². The lowest BCUT2D eigenvalue weighted by Crippen LogP contribution is -2.34. The Bertz CT molecular complexity index is 484. The van der Waals surface area contributed by atoms with Crippen LogP contribution < -0.4 is 0 Å². The van der Waals surface area contributed by atoms with Crippen molar-refractivity contribution in [1.29, 1.82) is 0 Å². The van der Waals surface area contributed by atoms with Crippen LogP contribution in [0.4, 0.5) is 0 Å². The van der Waals surface area contributed by atoms with Gasteiger partial charge in [-0.05, 0) is 0 Å². The number of aromatic nitrogens is 4. The molecular formula is C10H14N4O4. The molecule has 0 fully saturated rings. The quantitative estimate of drug-likeness (QED) is 0.386. The van der Waals surface area contributed by atoms with E-state index in [1.54, 1.807) is 12.4 Å². The standard InChI is InChI=1S/C10H14N4O4/c15-4-6(16)8(18)7(17)5-3-13-10(14-5)9-11-1-2-12-9/h1-3,6-8,15-18H,4H2,(H,11,12)(H,13,14)/t6-,7-,8-/m1/s1. The van der Waals surface area contributed by atoms with Crippen molar-refractivity contribution < 1.29 is 20.4 Å². The average Bonchev–Trinajstić information content (AvgIpc) is 3.05. The molecule has 6 N–H and O–H groups in total. The monoisotopic (exact) mass is 254 g/mol. The first-order valence-electron chi connectivity index (χ1n) is 5.33. The number of aromatic amines is 2. The molecule has 0 saturated heterocycles. The number of imidazole rings is 2. The van der Waals surface area contributed by atoms with E-state index in [0.29, 0.717) is 11.6 Å². The smallest absolute Gasteiger partial charge is 0.173 e. The molecule has 0 unspecified atom stereocenters. The van der Waals surface area contributed by atoms with Crippen LogP contribution in [0.1, 0.15) is 11.8 Å². The lowest BCUT2D eigenvalue weighted by atomic mass is 10.1. The fraction of sp³-hybridized carbons (Fsp3) is 0.400. The van der Waals surface area contributed by atoms with E-state index in [9.17, 15) is 15.3 Å². The van der Waals surface area contributed by atoms with Crippen molar-refractivity contribution in [2.75, 3.05) is 6.61 Å². The molecule has 0 radical (unpaired) electrons. The summed E-state index contributed by atoms with van der Waals surface area (Å²) in [5, 5.41) is 37.3. The number of rotatable bonds is 5. The summed E-state index contributed by atoms with van der Waals surface area (Å²) in [4.78, 5) is 13.6. The van der Waals surface area contributed by atoms with E-state index in [1.165, 1.54) is 6.20 Å². The highest BCUT2D eigenvalue weighted by Gasteiger charge is 2.27. The minimum absolute atomic E-state index is 0.224. The Morgan fingerprint density at radius 2 is 1.94 bits per heavy atom. The van der Waals surface area contributed by atoms with E-state index in [-0.39, 0.29) is 5.69 Å². The average molecular weight is 254 g/mol. The summed E-state index contributed by atoms with van der Waals surface area (Å²) in [5.74, 6) is 0.894. The summed E-state index contributed by atoms with van der Waals surface area (Å²) in [6.07, 6.45) is 0.213. The summed E-state index contributed by atoms with van der Waals surface area (Å²) >= 11 is 0. The largest absolute Gasteiger partial charge is 0.394 e. The molecule has 8 nitrogen and oxygen atoms in total. The molecule has 0 aliphatic heterocycles. The van der Waals surface area contributed by atoms with Crippen molar-refractivity contribution in [3.63, 3.8) is 0 Å². The molecule has 0 aromatic carbocycles. The van der Waals surface area contributed by atoms with Gasteiger partial charge < -0.3 is 30.4 Å². The second-order valence-electron chi connectivity index (χ2n) is 3.81. The van der Waals surface area contributed by atoms with Gasteiger partial charge >= 0.3 is 0 Å². The van der Waals surface area contributed by atoms with Crippen LogP contribution >= 0.6 is 0 Å². The normalized spacial score (nSPS) is 16.4. The predicted octanol–water partition coefficient (Wildman–Crippen LogP) is -1.45. The number of hydrogen-bond donors (Lipinski definition) is 6. The molecule has 0 spiro atoms. The highest BCUT2D eigenvalue weighted by atomic mass is 16.4. The zero-order valence-corrected chi connectivity index (χ0v) is 9.35. The molecule has 0 aliphatic carbocycles. The van der Waals surface area contributed by atoms with Crippen molar-refractivity contribution in [3.05, 3.63) is 24.3 Å². The third-order valence-corrected chi connectivity index (χ3v) is 2.54. The van der Waals surface area contributed by atoms with Crippen molar-refractivity contribution in [3.8, 4) is 11.6 Å². The SMILES string of the molecule is OC[C@@H](O)[C@@H](O)[C@H](O)c1cnc(-c2ncc[nH]2)[nH]1.